The highest BCUT2D eigenvalue weighted by Crippen LogP contribution is 2.36. The number of anilines is 1. The first kappa shape index (κ1) is 21.7. The fourth-order valence-corrected chi connectivity index (χ4v) is 4.43. The predicted molar refractivity (Wildman–Crippen MR) is 132 cm³/mol. The van der Waals surface area contributed by atoms with Gasteiger partial charge in [-0.25, -0.2) is 4.98 Å². The molecule has 7 heteroatoms. The molecule has 3 N–H and O–H groups in total. The van der Waals surface area contributed by atoms with Crippen molar-refractivity contribution in [3.05, 3.63) is 90.3 Å². The summed E-state index contributed by atoms with van der Waals surface area (Å²) in [5.74, 6) is 6.30. The van der Waals surface area contributed by atoms with Crippen molar-refractivity contribution in [1.82, 2.24) is 25.1 Å². The van der Waals surface area contributed by atoms with Gasteiger partial charge in [-0.1, -0.05) is 36.3 Å². The molecule has 0 radical (unpaired) electrons. The number of piperidine rings is 1. The third-order valence-corrected chi connectivity index (χ3v) is 6.43. The Morgan fingerprint density at radius 1 is 1.06 bits per heavy atom. The highest BCUT2D eigenvalue weighted by Gasteiger charge is 2.41. The third-order valence-electron chi connectivity index (χ3n) is 6.43. The van der Waals surface area contributed by atoms with E-state index >= 15 is 0 Å². The van der Waals surface area contributed by atoms with Crippen LogP contribution >= 0.6 is 0 Å². The van der Waals surface area contributed by atoms with Crippen molar-refractivity contribution in [1.29, 1.82) is 0 Å². The van der Waals surface area contributed by atoms with Crippen LogP contribution in [-0.4, -0.2) is 38.7 Å². The Morgan fingerprint density at radius 3 is 2.59 bits per heavy atom. The number of aromatic nitrogens is 4. The number of imidazole rings is 1. The summed E-state index contributed by atoms with van der Waals surface area (Å²) in [7, 11) is 1.91. The van der Waals surface area contributed by atoms with E-state index in [1.165, 1.54) is 0 Å². The van der Waals surface area contributed by atoms with Gasteiger partial charge in [0.25, 0.3) is 0 Å². The first-order valence-corrected chi connectivity index (χ1v) is 11.3. The van der Waals surface area contributed by atoms with Gasteiger partial charge >= 0.3 is 0 Å². The molecule has 1 amide bonds. The van der Waals surface area contributed by atoms with Crippen LogP contribution in [0.2, 0.25) is 0 Å². The summed E-state index contributed by atoms with van der Waals surface area (Å²) in [6.45, 7) is 1.60. The van der Waals surface area contributed by atoms with Crippen molar-refractivity contribution in [2.24, 2.45) is 7.05 Å². The maximum atomic E-state index is 13.7. The molecule has 7 nitrogen and oxygen atoms in total. The van der Waals surface area contributed by atoms with Crippen molar-refractivity contribution < 1.29 is 4.79 Å². The largest absolute Gasteiger partial charge is 0.327 e. The molecule has 0 unspecified atom stereocenters. The lowest BCUT2D eigenvalue weighted by Gasteiger charge is -2.37. The summed E-state index contributed by atoms with van der Waals surface area (Å²) in [5.41, 5.74) is 4.96. The molecule has 2 aromatic carbocycles. The minimum Gasteiger partial charge on any atom is -0.327 e. The van der Waals surface area contributed by atoms with E-state index in [2.05, 4.69) is 61.9 Å². The molecule has 5 rings (SSSR count). The standard InChI is InChI=1S/C27H26N6O/c1-33-19-29-18-25(33)10-5-20-3-2-4-24(15-20)32-26(34)27(11-13-28-14-12-27)23-8-6-21(7-9-23)22-16-30-31-17-22/h2-4,6-9,15-19,28H,11-14H2,1H3,(H,30,31)(H,32,34). The third kappa shape index (κ3) is 4.36. The lowest BCUT2D eigenvalue weighted by Crippen LogP contribution is -2.48. The van der Waals surface area contributed by atoms with Crippen LogP contribution in [0.15, 0.2) is 73.4 Å². The Morgan fingerprint density at radius 2 is 1.88 bits per heavy atom. The molecule has 1 aliphatic rings. The number of hydrogen-bond acceptors (Lipinski definition) is 4. The molecule has 170 valence electrons. The number of H-pyrrole nitrogens is 1. The van der Waals surface area contributed by atoms with Crippen molar-refractivity contribution in [3.8, 4) is 23.0 Å². The van der Waals surface area contributed by atoms with Gasteiger partial charge in [0.1, 0.15) is 5.69 Å². The first-order valence-electron chi connectivity index (χ1n) is 11.3. The zero-order chi connectivity index (χ0) is 23.4. The Kier molecular flexibility index (Phi) is 5.98. The monoisotopic (exact) mass is 450 g/mol. The SMILES string of the molecule is Cn1cncc1C#Cc1cccc(NC(=O)C2(c3ccc(-c4cn[nH]c4)cc3)CCNCC2)c1. The van der Waals surface area contributed by atoms with Crippen LogP contribution in [0, 0.1) is 11.8 Å². The quantitative estimate of drug-likeness (QED) is 0.416. The van der Waals surface area contributed by atoms with E-state index in [9.17, 15) is 4.79 Å². The summed E-state index contributed by atoms with van der Waals surface area (Å²) in [5, 5.41) is 13.4. The van der Waals surface area contributed by atoms with Crippen molar-refractivity contribution in [2.75, 3.05) is 18.4 Å². The van der Waals surface area contributed by atoms with Gasteiger partial charge in [0.05, 0.1) is 24.1 Å². The number of amides is 1. The molecule has 34 heavy (non-hydrogen) atoms. The minimum atomic E-state index is -0.587. The van der Waals surface area contributed by atoms with Crippen molar-refractivity contribution in [3.63, 3.8) is 0 Å². The summed E-state index contributed by atoms with van der Waals surface area (Å²) in [6.07, 6.45) is 8.60. The van der Waals surface area contributed by atoms with E-state index in [0.29, 0.717) is 0 Å². The van der Waals surface area contributed by atoms with Gasteiger partial charge in [0.2, 0.25) is 5.91 Å². The van der Waals surface area contributed by atoms with Crippen LogP contribution in [0.4, 0.5) is 5.69 Å². The van der Waals surface area contributed by atoms with E-state index in [1.54, 1.807) is 18.7 Å². The lowest BCUT2D eigenvalue weighted by atomic mass is 9.72. The molecule has 1 aliphatic heterocycles. The number of aromatic amines is 1. The van der Waals surface area contributed by atoms with Crippen LogP contribution in [0.5, 0.6) is 0 Å². The number of carbonyl (C=O) groups is 1. The second-order valence-electron chi connectivity index (χ2n) is 8.57. The highest BCUT2D eigenvalue weighted by atomic mass is 16.2. The Hall–Kier alpha value is -4.15. The molecule has 0 aliphatic carbocycles. The molecule has 1 fully saturated rings. The smallest absolute Gasteiger partial charge is 0.235 e. The normalized spacial score (nSPS) is 14.7. The first-order chi connectivity index (χ1) is 16.6. The van der Waals surface area contributed by atoms with Gasteiger partial charge < -0.3 is 15.2 Å². The summed E-state index contributed by atoms with van der Waals surface area (Å²) in [4.78, 5) is 17.8. The fourth-order valence-electron chi connectivity index (χ4n) is 4.43. The van der Waals surface area contributed by atoms with Gasteiger partial charge in [0.15, 0.2) is 0 Å². The number of carbonyl (C=O) groups excluding carboxylic acids is 1. The van der Waals surface area contributed by atoms with Crippen molar-refractivity contribution >= 4 is 11.6 Å². The topological polar surface area (TPSA) is 87.6 Å². The van der Waals surface area contributed by atoms with E-state index in [0.717, 1.165) is 59.6 Å². The zero-order valence-electron chi connectivity index (χ0n) is 19.0. The number of hydrogen-bond donors (Lipinski definition) is 3. The van der Waals surface area contributed by atoms with E-state index < -0.39 is 5.41 Å². The summed E-state index contributed by atoms with van der Waals surface area (Å²) in [6, 6.07) is 15.9. The van der Waals surface area contributed by atoms with Crippen LogP contribution in [0.25, 0.3) is 11.1 Å². The van der Waals surface area contributed by atoms with Gasteiger partial charge in [-0.15, -0.1) is 0 Å². The van der Waals surface area contributed by atoms with E-state index in [1.807, 2.05) is 42.1 Å². The molecular weight excluding hydrogens is 424 g/mol. The average molecular weight is 451 g/mol. The number of benzene rings is 2. The number of rotatable bonds is 4. The zero-order valence-corrected chi connectivity index (χ0v) is 19.0. The second-order valence-corrected chi connectivity index (χ2v) is 8.57. The van der Waals surface area contributed by atoms with Gasteiger partial charge in [-0.3, -0.25) is 9.89 Å². The molecule has 0 spiro atoms. The van der Waals surface area contributed by atoms with Crippen LogP contribution in [0.3, 0.4) is 0 Å². The molecular formula is C27H26N6O. The predicted octanol–water partition coefficient (Wildman–Crippen LogP) is 3.47. The van der Waals surface area contributed by atoms with Crippen LogP contribution in [-0.2, 0) is 17.3 Å². The number of nitrogens with one attached hydrogen (secondary N) is 3. The molecule has 0 bridgehead atoms. The molecule has 0 saturated carbocycles. The fraction of sp³-hybridized carbons (Fsp3) is 0.222. The maximum absolute atomic E-state index is 13.7. The van der Waals surface area contributed by atoms with Gasteiger partial charge in [0, 0.05) is 30.1 Å². The van der Waals surface area contributed by atoms with Crippen LogP contribution in [0.1, 0.15) is 29.7 Å². The maximum Gasteiger partial charge on any atom is 0.235 e. The Balaban J connectivity index is 1.39. The molecule has 1 saturated heterocycles. The second kappa shape index (κ2) is 9.38. The minimum absolute atomic E-state index is 0.0156. The van der Waals surface area contributed by atoms with E-state index in [-0.39, 0.29) is 5.91 Å². The summed E-state index contributed by atoms with van der Waals surface area (Å²) < 4.78 is 1.87. The molecule has 4 aromatic rings. The van der Waals surface area contributed by atoms with E-state index in [4.69, 9.17) is 0 Å². The van der Waals surface area contributed by atoms with Gasteiger partial charge in [-0.2, -0.15) is 5.10 Å². The molecule has 3 heterocycles. The Bertz CT molecular complexity index is 1340. The number of aryl methyl sites for hydroxylation is 1. The van der Waals surface area contributed by atoms with Crippen LogP contribution < -0.4 is 10.6 Å². The lowest BCUT2D eigenvalue weighted by molar-refractivity contribution is -0.122. The number of nitrogens with zero attached hydrogens (tertiary/aromatic N) is 3. The Labute approximate surface area is 198 Å². The van der Waals surface area contributed by atoms with Crippen molar-refractivity contribution in [2.45, 2.75) is 18.3 Å². The highest BCUT2D eigenvalue weighted by molar-refractivity contribution is 5.99. The molecule has 0 atom stereocenters. The van der Waals surface area contributed by atoms with Gasteiger partial charge in [-0.05, 0) is 61.2 Å². The average Bonchev–Trinajstić information content (AvgIpc) is 3.56. The summed E-state index contributed by atoms with van der Waals surface area (Å²) >= 11 is 0. The molecule has 2 aromatic heterocycles.